The third-order valence-electron chi connectivity index (χ3n) is 2.66. The predicted octanol–water partition coefficient (Wildman–Crippen LogP) is 2.40. The summed E-state index contributed by atoms with van der Waals surface area (Å²) in [6.07, 6.45) is 1.80. The van der Waals surface area contributed by atoms with Gasteiger partial charge in [-0.05, 0) is 19.1 Å². The van der Waals surface area contributed by atoms with Gasteiger partial charge in [-0.1, -0.05) is 18.2 Å². The SMILES string of the molecule is C[C@H]1COC(c2cccc3cccnc23)=N1. The summed E-state index contributed by atoms with van der Waals surface area (Å²) in [5, 5.41) is 1.12. The number of ether oxygens (including phenoxy) is 1. The fraction of sp³-hybridized carbons (Fsp3) is 0.231. The summed E-state index contributed by atoms with van der Waals surface area (Å²) in [7, 11) is 0. The lowest BCUT2D eigenvalue weighted by atomic mass is 10.1. The number of hydrogen-bond donors (Lipinski definition) is 0. The van der Waals surface area contributed by atoms with Crippen LogP contribution in [0.5, 0.6) is 0 Å². The van der Waals surface area contributed by atoms with Gasteiger partial charge in [0.05, 0.1) is 17.1 Å². The highest BCUT2D eigenvalue weighted by Gasteiger charge is 2.18. The molecule has 3 nitrogen and oxygen atoms in total. The lowest BCUT2D eigenvalue weighted by Gasteiger charge is -2.04. The lowest BCUT2D eigenvalue weighted by molar-refractivity contribution is 0.324. The molecule has 80 valence electrons. The van der Waals surface area contributed by atoms with Crippen LogP contribution in [0.3, 0.4) is 0 Å². The van der Waals surface area contributed by atoms with Crippen molar-refractivity contribution in [1.82, 2.24) is 4.98 Å². The number of fused-ring (bicyclic) bond motifs is 1. The van der Waals surface area contributed by atoms with Gasteiger partial charge in [-0.2, -0.15) is 0 Å². The van der Waals surface area contributed by atoms with Crippen molar-refractivity contribution >= 4 is 16.8 Å². The second-order valence-corrected chi connectivity index (χ2v) is 3.97. The minimum Gasteiger partial charge on any atom is -0.475 e. The van der Waals surface area contributed by atoms with E-state index in [9.17, 15) is 0 Å². The molecule has 0 aliphatic carbocycles. The number of rotatable bonds is 1. The summed E-state index contributed by atoms with van der Waals surface area (Å²) in [5.41, 5.74) is 1.94. The molecule has 0 saturated heterocycles. The van der Waals surface area contributed by atoms with E-state index in [-0.39, 0.29) is 6.04 Å². The predicted molar refractivity (Wildman–Crippen MR) is 63.7 cm³/mol. The van der Waals surface area contributed by atoms with Crippen LogP contribution in [0.2, 0.25) is 0 Å². The molecule has 0 fully saturated rings. The third kappa shape index (κ3) is 1.45. The number of aliphatic imine (C=N–C) groups is 1. The van der Waals surface area contributed by atoms with Crippen LogP contribution in [0.4, 0.5) is 0 Å². The molecule has 1 atom stereocenters. The molecule has 0 amide bonds. The van der Waals surface area contributed by atoms with Crippen molar-refractivity contribution in [1.29, 1.82) is 0 Å². The zero-order chi connectivity index (χ0) is 11.0. The van der Waals surface area contributed by atoms with Crippen molar-refractivity contribution in [3.8, 4) is 0 Å². The maximum Gasteiger partial charge on any atom is 0.218 e. The molecule has 1 aliphatic heterocycles. The molecule has 0 N–H and O–H groups in total. The number of aromatic nitrogens is 1. The molecule has 2 aromatic rings. The summed E-state index contributed by atoms with van der Waals surface area (Å²) in [6, 6.07) is 10.3. The van der Waals surface area contributed by atoms with Gasteiger partial charge in [0, 0.05) is 11.6 Å². The molecule has 1 aromatic carbocycles. The van der Waals surface area contributed by atoms with Gasteiger partial charge in [-0.3, -0.25) is 4.98 Å². The Morgan fingerprint density at radius 1 is 1.25 bits per heavy atom. The zero-order valence-electron chi connectivity index (χ0n) is 9.05. The Morgan fingerprint density at radius 2 is 2.12 bits per heavy atom. The Kier molecular flexibility index (Phi) is 2.10. The van der Waals surface area contributed by atoms with Crippen LogP contribution in [0, 0.1) is 0 Å². The molecular formula is C13H12N2O. The molecule has 1 aliphatic rings. The van der Waals surface area contributed by atoms with E-state index in [1.165, 1.54) is 0 Å². The third-order valence-corrected chi connectivity index (χ3v) is 2.66. The second kappa shape index (κ2) is 3.59. The maximum atomic E-state index is 5.57. The summed E-state index contributed by atoms with van der Waals surface area (Å²) < 4.78 is 5.57. The fourth-order valence-electron chi connectivity index (χ4n) is 1.90. The van der Waals surface area contributed by atoms with E-state index in [0.29, 0.717) is 6.61 Å². The molecule has 0 saturated carbocycles. The smallest absolute Gasteiger partial charge is 0.218 e. The summed E-state index contributed by atoms with van der Waals surface area (Å²) >= 11 is 0. The first-order valence-corrected chi connectivity index (χ1v) is 5.39. The van der Waals surface area contributed by atoms with Crippen molar-refractivity contribution in [2.75, 3.05) is 6.61 Å². The van der Waals surface area contributed by atoms with Gasteiger partial charge in [0.25, 0.3) is 0 Å². The minimum absolute atomic E-state index is 0.244. The van der Waals surface area contributed by atoms with Crippen LogP contribution < -0.4 is 0 Å². The Balaban J connectivity index is 2.20. The van der Waals surface area contributed by atoms with E-state index < -0.39 is 0 Å². The average molecular weight is 212 g/mol. The van der Waals surface area contributed by atoms with Gasteiger partial charge in [0.1, 0.15) is 6.61 Å². The number of benzene rings is 1. The molecule has 0 spiro atoms. The Bertz CT molecular complexity index is 557. The van der Waals surface area contributed by atoms with Crippen LogP contribution in [0.1, 0.15) is 12.5 Å². The molecule has 1 aromatic heterocycles. The van der Waals surface area contributed by atoms with E-state index in [4.69, 9.17) is 4.74 Å². The van der Waals surface area contributed by atoms with Crippen molar-refractivity contribution in [2.24, 2.45) is 4.99 Å². The van der Waals surface area contributed by atoms with E-state index >= 15 is 0 Å². The minimum atomic E-state index is 0.244. The van der Waals surface area contributed by atoms with Gasteiger partial charge < -0.3 is 4.74 Å². The molecule has 3 rings (SSSR count). The van der Waals surface area contributed by atoms with Crippen molar-refractivity contribution in [2.45, 2.75) is 13.0 Å². The lowest BCUT2D eigenvalue weighted by Crippen LogP contribution is -2.03. The van der Waals surface area contributed by atoms with Crippen LogP contribution in [-0.4, -0.2) is 23.5 Å². The first-order chi connectivity index (χ1) is 7.84. The van der Waals surface area contributed by atoms with Crippen LogP contribution in [0.15, 0.2) is 41.5 Å². The number of pyridine rings is 1. The molecule has 0 radical (unpaired) electrons. The average Bonchev–Trinajstić information content (AvgIpc) is 2.75. The van der Waals surface area contributed by atoms with E-state index in [1.807, 2.05) is 37.3 Å². The monoisotopic (exact) mass is 212 g/mol. The quantitative estimate of drug-likeness (QED) is 0.727. The molecule has 3 heteroatoms. The Morgan fingerprint density at radius 3 is 2.94 bits per heavy atom. The first kappa shape index (κ1) is 9.33. The highest BCUT2D eigenvalue weighted by atomic mass is 16.5. The van der Waals surface area contributed by atoms with Gasteiger partial charge in [0.2, 0.25) is 5.90 Å². The van der Waals surface area contributed by atoms with Crippen LogP contribution in [0.25, 0.3) is 10.9 Å². The van der Waals surface area contributed by atoms with Crippen LogP contribution in [-0.2, 0) is 4.74 Å². The topological polar surface area (TPSA) is 34.5 Å². The van der Waals surface area contributed by atoms with E-state index in [2.05, 4.69) is 9.98 Å². The molecule has 2 heterocycles. The van der Waals surface area contributed by atoms with Crippen molar-refractivity contribution in [3.05, 3.63) is 42.1 Å². The molecule has 0 bridgehead atoms. The number of hydrogen-bond acceptors (Lipinski definition) is 3. The van der Waals surface area contributed by atoms with Gasteiger partial charge in [-0.15, -0.1) is 0 Å². The zero-order valence-corrected chi connectivity index (χ0v) is 9.05. The highest BCUT2D eigenvalue weighted by Crippen LogP contribution is 2.20. The molecule has 16 heavy (non-hydrogen) atoms. The Hall–Kier alpha value is -1.90. The standard InChI is InChI=1S/C13H12N2O/c1-9-8-16-13(15-9)11-6-2-4-10-5-3-7-14-12(10)11/h2-7,9H,8H2,1H3/t9-/m0/s1. The van der Waals surface area contributed by atoms with E-state index in [1.54, 1.807) is 6.20 Å². The highest BCUT2D eigenvalue weighted by molar-refractivity contribution is 6.05. The summed E-state index contributed by atoms with van der Waals surface area (Å²) in [4.78, 5) is 8.85. The largest absolute Gasteiger partial charge is 0.475 e. The fourth-order valence-corrected chi connectivity index (χ4v) is 1.90. The van der Waals surface area contributed by atoms with Crippen molar-refractivity contribution in [3.63, 3.8) is 0 Å². The van der Waals surface area contributed by atoms with E-state index in [0.717, 1.165) is 22.4 Å². The van der Waals surface area contributed by atoms with Crippen LogP contribution >= 0.6 is 0 Å². The van der Waals surface area contributed by atoms with Gasteiger partial charge >= 0.3 is 0 Å². The van der Waals surface area contributed by atoms with Gasteiger partial charge in [-0.25, -0.2) is 4.99 Å². The second-order valence-electron chi connectivity index (χ2n) is 3.97. The Labute approximate surface area is 93.8 Å². The van der Waals surface area contributed by atoms with Crippen molar-refractivity contribution < 1.29 is 4.74 Å². The maximum absolute atomic E-state index is 5.57. The summed E-state index contributed by atoms with van der Waals surface area (Å²) in [6.45, 7) is 2.71. The number of para-hydroxylation sites is 1. The summed E-state index contributed by atoms with van der Waals surface area (Å²) in [5.74, 6) is 0.719. The van der Waals surface area contributed by atoms with Gasteiger partial charge in [0.15, 0.2) is 0 Å². The molecular weight excluding hydrogens is 200 g/mol. The first-order valence-electron chi connectivity index (χ1n) is 5.39. The number of nitrogens with zero attached hydrogens (tertiary/aromatic N) is 2. The normalized spacial score (nSPS) is 19.6. The molecule has 0 unspecified atom stereocenters.